The van der Waals surface area contributed by atoms with Crippen LogP contribution in [-0.2, 0) is 0 Å². The fourth-order valence-corrected chi connectivity index (χ4v) is 2.90. The van der Waals surface area contributed by atoms with Gasteiger partial charge in [0.15, 0.2) is 0 Å². The van der Waals surface area contributed by atoms with Gasteiger partial charge in [-0.15, -0.1) is 0 Å². The van der Waals surface area contributed by atoms with Crippen LogP contribution in [0.5, 0.6) is 5.75 Å². The third-order valence-corrected chi connectivity index (χ3v) is 4.08. The van der Waals surface area contributed by atoms with Gasteiger partial charge in [-0.2, -0.15) is 0 Å². The lowest BCUT2D eigenvalue weighted by Crippen LogP contribution is -2.16. The summed E-state index contributed by atoms with van der Waals surface area (Å²) in [4.78, 5) is 4.80. The van der Waals surface area contributed by atoms with Crippen LogP contribution in [0, 0.1) is 5.92 Å². The van der Waals surface area contributed by atoms with E-state index in [0.717, 1.165) is 35.1 Å². The van der Waals surface area contributed by atoms with Crippen molar-refractivity contribution < 1.29 is 4.74 Å². The fourth-order valence-electron chi connectivity index (χ4n) is 2.90. The van der Waals surface area contributed by atoms with Gasteiger partial charge in [0.25, 0.3) is 0 Å². The van der Waals surface area contributed by atoms with Crippen molar-refractivity contribution >= 4 is 28.0 Å². The molecule has 24 heavy (non-hydrogen) atoms. The van der Waals surface area contributed by atoms with Gasteiger partial charge in [0.1, 0.15) is 11.6 Å². The van der Waals surface area contributed by atoms with Gasteiger partial charge in [-0.1, -0.05) is 38.1 Å². The number of nitrogens with zero attached hydrogens (tertiary/aromatic N) is 1. The Kier molecular flexibility index (Phi) is 3.69. The van der Waals surface area contributed by atoms with E-state index in [4.69, 9.17) is 9.73 Å². The fraction of sp³-hybridized carbons (Fsp3) is 0.190. The van der Waals surface area contributed by atoms with Crippen LogP contribution in [-0.4, -0.2) is 12.4 Å². The molecule has 1 N–H and O–H groups in total. The number of ether oxygens (including phenoxy) is 1. The lowest BCUT2D eigenvalue weighted by atomic mass is 10.0. The highest BCUT2D eigenvalue weighted by atomic mass is 16.5. The van der Waals surface area contributed by atoms with Gasteiger partial charge >= 0.3 is 0 Å². The second-order valence-electron chi connectivity index (χ2n) is 6.50. The Hall–Kier alpha value is -2.81. The normalized spacial score (nSPS) is 12.9. The number of benzene rings is 3. The molecule has 120 valence electrons. The van der Waals surface area contributed by atoms with E-state index in [0.29, 0.717) is 5.92 Å². The minimum absolute atomic E-state index is 0.519. The molecule has 0 saturated carbocycles. The number of aliphatic imine (C=N–C) groups is 1. The summed E-state index contributed by atoms with van der Waals surface area (Å²) in [6, 6.07) is 20.6. The predicted molar refractivity (Wildman–Crippen MR) is 101 cm³/mol. The minimum Gasteiger partial charge on any atom is -0.493 e. The third kappa shape index (κ3) is 2.73. The molecule has 0 fully saturated rings. The van der Waals surface area contributed by atoms with Crippen molar-refractivity contribution in [3.8, 4) is 5.75 Å². The summed E-state index contributed by atoms with van der Waals surface area (Å²) in [7, 11) is 0. The molecular formula is C21H20N2O. The van der Waals surface area contributed by atoms with Gasteiger partial charge in [0.05, 0.1) is 12.3 Å². The molecular weight excluding hydrogens is 296 g/mol. The first-order valence-electron chi connectivity index (χ1n) is 8.31. The zero-order chi connectivity index (χ0) is 16.5. The Morgan fingerprint density at radius 2 is 1.71 bits per heavy atom. The largest absolute Gasteiger partial charge is 0.493 e. The van der Waals surface area contributed by atoms with Gasteiger partial charge in [0, 0.05) is 16.6 Å². The summed E-state index contributed by atoms with van der Waals surface area (Å²) in [5.41, 5.74) is 3.17. The van der Waals surface area contributed by atoms with E-state index in [1.807, 2.05) is 12.1 Å². The second-order valence-corrected chi connectivity index (χ2v) is 6.50. The van der Waals surface area contributed by atoms with E-state index < -0.39 is 0 Å². The second kappa shape index (κ2) is 6.00. The van der Waals surface area contributed by atoms with Crippen molar-refractivity contribution in [2.75, 3.05) is 11.9 Å². The molecule has 0 unspecified atom stereocenters. The Morgan fingerprint density at radius 1 is 0.958 bits per heavy atom. The lowest BCUT2D eigenvalue weighted by Gasteiger charge is -2.19. The standard InChI is InChI=1S/C21H20N2O/c1-14(2)13-24-17-11-9-16(10-12-17)21-22-18-7-3-5-15-6-4-8-19(23-21)20(15)18/h3-12,14H,13H2,1-2H3,(H,22,23). The van der Waals surface area contributed by atoms with Crippen LogP contribution < -0.4 is 10.1 Å². The van der Waals surface area contributed by atoms with E-state index in [9.17, 15) is 0 Å². The summed E-state index contributed by atoms with van der Waals surface area (Å²) in [5, 5.41) is 5.84. The molecule has 3 heteroatoms. The van der Waals surface area contributed by atoms with Crippen LogP contribution in [0.3, 0.4) is 0 Å². The molecule has 0 bridgehead atoms. The van der Waals surface area contributed by atoms with Gasteiger partial charge in [0.2, 0.25) is 0 Å². The van der Waals surface area contributed by atoms with E-state index in [-0.39, 0.29) is 0 Å². The SMILES string of the molecule is CC(C)COc1ccc(C2=Nc3cccc4cccc(c34)N2)cc1. The Morgan fingerprint density at radius 3 is 2.46 bits per heavy atom. The molecule has 0 aromatic heterocycles. The van der Waals surface area contributed by atoms with Crippen molar-refractivity contribution in [1.29, 1.82) is 0 Å². The lowest BCUT2D eigenvalue weighted by molar-refractivity contribution is 0.271. The number of hydrogen-bond acceptors (Lipinski definition) is 3. The molecule has 0 atom stereocenters. The minimum atomic E-state index is 0.519. The summed E-state index contributed by atoms with van der Waals surface area (Å²) >= 11 is 0. The van der Waals surface area contributed by atoms with E-state index >= 15 is 0 Å². The van der Waals surface area contributed by atoms with Crippen molar-refractivity contribution in [1.82, 2.24) is 0 Å². The maximum atomic E-state index is 5.75. The van der Waals surface area contributed by atoms with Crippen LogP contribution in [0.2, 0.25) is 0 Å². The monoisotopic (exact) mass is 316 g/mol. The first-order valence-corrected chi connectivity index (χ1v) is 8.31. The Bertz CT molecular complexity index is 906. The van der Waals surface area contributed by atoms with Crippen LogP contribution in [0.15, 0.2) is 65.7 Å². The Balaban J connectivity index is 1.66. The van der Waals surface area contributed by atoms with Crippen molar-refractivity contribution in [3.63, 3.8) is 0 Å². The average molecular weight is 316 g/mol. The number of rotatable bonds is 4. The van der Waals surface area contributed by atoms with Gasteiger partial charge in [-0.05, 0) is 47.7 Å². The summed E-state index contributed by atoms with van der Waals surface area (Å²) in [6.07, 6.45) is 0. The van der Waals surface area contributed by atoms with Gasteiger partial charge in [-0.25, -0.2) is 4.99 Å². The quantitative estimate of drug-likeness (QED) is 0.701. The first kappa shape index (κ1) is 14.8. The molecule has 0 saturated heterocycles. The average Bonchev–Trinajstić information content (AvgIpc) is 2.61. The summed E-state index contributed by atoms with van der Waals surface area (Å²) in [5.74, 6) is 2.29. The van der Waals surface area contributed by atoms with E-state index in [1.54, 1.807) is 0 Å². The highest BCUT2D eigenvalue weighted by molar-refractivity contribution is 6.18. The zero-order valence-corrected chi connectivity index (χ0v) is 13.9. The smallest absolute Gasteiger partial charge is 0.138 e. The highest BCUT2D eigenvalue weighted by Crippen LogP contribution is 2.36. The molecule has 3 nitrogen and oxygen atoms in total. The number of anilines is 1. The van der Waals surface area contributed by atoms with Gasteiger partial charge < -0.3 is 10.1 Å². The third-order valence-electron chi connectivity index (χ3n) is 4.08. The predicted octanol–water partition coefficient (Wildman–Crippen LogP) is 5.38. The van der Waals surface area contributed by atoms with Crippen LogP contribution >= 0.6 is 0 Å². The molecule has 1 heterocycles. The van der Waals surface area contributed by atoms with Gasteiger partial charge in [-0.3, -0.25) is 0 Å². The Labute approximate surface area is 142 Å². The number of amidine groups is 1. The molecule has 4 rings (SSSR count). The van der Waals surface area contributed by atoms with Crippen molar-refractivity contribution in [2.24, 2.45) is 10.9 Å². The molecule has 1 aliphatic heterocycles. The summed E-state index contributed by atoms with van der Waals surface area (Å²) < 4.78 is 5.75. The molecule has 0 spiro atoms. The van der Waals surface area contributed by atoms with E-state index in [2.05, 4.69) is 67.7 Å². The maximum absolute atomic E-state index is 5.75. The van der Waals surface area contributed by atoms with Crippen molar-refractivity contribution in [3.05, 3.63) is 66.2 Å². The number of nitrogens with one attached hydrogen (secondary N) is 1. The highest BCUT2D eigenvalue weighted by Gasteiger charge is 2.15. The molecule has 1 aliphatic rings. The number of hydrogen-bond donors (Lipinski definition) is 1. The van der Waals surface area contributed by atoms with Crippen LogP contribution in [0.4, 0.5) is 11.4 Å². The summed E-state index contributed by atoms with van der Waals surface area (Å²) in [6.45, 7) is 5.02. The topological polar surface area (TPSA) is 33.6 Å². The van der Waals surface area contributed by atoms with E-state index in [1.165, 1.54) is 10.8 Å². The first-order chi connectivity index (χ1) is 11.7. The molecule has 0 radical (unpaired) electrons. The molecule has 0 aliphatic carbocycles. The van der Waals surface area contributed by atoms with Crippen molar-refractivity contribution in [2.45, 2.75) is 13.8 Å². The zero-order valence-electron chi connectivity index (χ0n) is 13.9. The van der Waals surface area contributed by atoms with Crippen LogP contribution in [0.1, 0.15) is 19.4 Å². The maximum Gasteiger partial charge on any atom is 0.138 e. The molecule has 3 aromatic carbocycles. The van der Waals surface area contributed by atoms with Crippen LogP contribution in [0.25, 0.3) is 10.8 Å². The molecule has 3 aromatic rings. The molecule has 0 amide bonds.